The molecule has 0 aliphatic carbocycles. The predicted molar refractivity (Wildman–Crippen MR) is 94.9 cm³/mol. The average molecular weight is 364 g/mol. The Labute approximate surface area is 153 Å². The molecule has 0 unspecified atom stereocenters. The van der Waals surface area contributed by atoms with E-state index in [1.54, 1.807) is 18.2 Å². The van der Waals surface area contributed by atoms with E-state index in [1.165, 1.54) is 55.1 Å². The van der Waals surface area contributed by atoms with Crippen molar-refractivity contribution in [1.29, 1.82) is 0 Å². The first-order valence-electron chi connectivity index (χ1n) is 7.79. The lowest BCUT2D eigenvalue weighted by molar-refractivity contribution is 0.0729. The van der Waals surface area contributed by atoms with E-state index in [4.69, 9.17) is 4.74 Å². The van der Waals surface area contributed by atoms with Gasteiger partial charge < -0.3 is 4.74 Å². The molecule has 0 saturated carbocycles. The smallest absolute Gasteiger partial charge is 0.346 e. The van der Waals surface area contributed by atoms with Crippen LogP contribution in [0.15, 0.2) is 72.2 Å². The van der Waals surface area contributed by atoms with Gasteiger partial charge in [0, 0.05) is 12.4 Å². The zero-order valence-corrected chi connectivity index (χ0v) is 13.9. The molecule has 1 amide bonds. The highest BCUT2D eigenvalue weighted by molar-refractivity contribution is 5.93. The molecule has 27 heavy (non-hydrogen) atoms. The van der Waals surface area contributed by atoms with Gasteiger partial charge in [-0.3, -0.25) is 9.78 Å². The molecule has 8 heteroatoms. The summed E-state index contributed by atoms with van der Waals surface area (Å²) < 4.78 is 18.7. The van der Waals surface area contributed by atoms with Crippen LogP contribution in [0.5, 0.6) is 5.75 Å². The summed E-state index contributed by atoms with van der Waals surface area (Å²) in [6.07, 6.45) is 5.60. The fourth-order valence-electron chi connectivity index (χ4n) is 2.05. The molecule has 7 nitrogen and oxygen atoms in total. The van der Waals surface area contributed by atoms with Crippen molar-refractivity contribution >= 4 is 18.1 Å². The molecule has 0 atom stereocenters. The monoisotopic (exact) mass is 364 g/mol. The summed E-state index contributed by atoms with van der Waals surface area (Å²) >= 11 is 0. The fourth-order valence-corrected chi connectivity index (χ4v) is 2.05. The van der Waals surface area contributed by atoms with Gasteiger partial charge in [0.25, 0.3) is 5.91 Å². The zero-order valence-electron chi connectivity index (χ0n) is 13.9. The summed E-state index contributed by atoms with van der Waals surface area (Å²) in [7, 11) is 0. The molecule has 1 N–H and O–H groups in total. The Balaban J connectivity index is 1.58. The summed E-state index contributed by atoms with van der Waals surface area (Å²) in [4.78, 5) is 31.4. The van der Waals surface area contributed by atoms with Crippen molar-refractivity contribution in [3.05, 3.63) is 89.8 Å². The second kappa shape index (κ2) is 8.43. The van der Waals surface area contributed by atoms with E-state index < -0.39 is 17.7 Å². The minimum atomic E-state index is -0.786. The van der Waals surface area contributed by atoms with Gasteiger partial charge in [0.1, 0.15) is 17.3 Å². The molecule has 0 fully saturated rings. The number of carbonyl (C=O) groups is 2. The topological polar surface area (TPSA) is 93.5 Å². The van der Waals surface area contributed by atoms with Crippen LogP contribution < -0.4 is 10.2 Å². The first-order chi connectivity index (χ1) is 13.1. The molecule has 1 heterocycles. The number of hydrogen-bond donors (Lipinski definition) is 1. The van der Waals surface area contributed by atoms with Gasteiger partial charge in [0.05, 0.1) is 18.0 Å². The summed E-state index contributed by atoms with van der Waals surface area (Å²) in [6, 6.07) is 11.9. The molecular formula is C19H13FN4O3. The van der Waals surface area contributed by atoms with Crippen LogP contribution in [-0.4, -0.2) is 28.1 Å². The number of halogens is 1. The minimum Gasteiger partial charge on any atom is -0.423 e. The van der Waals surface area contributed by atoms with E-state index in [9.17, 15) is 14.0 Å². The summed E-state index contributed by atoms with van der Waals surface area (Å²) in [5.74, 6) is -1.67. The molecule has 0 bridgehead atoms. The van der Waals surface area contributed by atoms with Crippen LogP contribution >= 0.6 is 0 Å². The van der Waals surface area contributed by atoms with Gasteiger partial charge in [-0.25, -0.2) is 19.6 Å². The summed E-state index contributed by atoms with van der Waals surface area (Å²) in [5, 5.41) is 3.82. The maximum Gasteiger partial charge on any atom is 0.346 e. The van der Waals surface area contributed by atoms with Gasteiger partial charge in [-0.1, -0.05) is 12.1 Å². The number of aromatic nitrogens is 2. The molecule has 0 aliphatic heterocycles. The van der Waals surface area contributed by atoms with Gasteiger partial charge in [-0.2, -0.15) is 5.10 Å². The Morgan fingerprint density at radius 3 is 2.56 bits per heavy atom. The lowest BCUT2D eigenvalue weighted by atomic mass is 10.2. The number of benzene rings is 2. The zero-order chi connectivity index (χ0) is 19.1. The fraction of sp³-hybridized carbons (Fsp3) is 0. The van der Waals surface area contributed by atoms with E-state index in [0.717, 1.165) is 0 Å². The maximum absolute atomic E-state index is 13.6. The van der Waals surface area contributed by atoms with Crippen LogP contribution in [0.1, 0.15) is 26.4 Å². The largest absolute Gasteiger partial charge is 0.423 e. The SMILES string of the molecule is O=C(N/N=C/c1ccc(OC(=O)c2ccccc2F)cc1)c1cnccn1. The first-order valence-corrected chi connectivity index (χ1v) is 7.79. The minimum absolute atomic E-state index is 0.144. The van der Waals surface area contributed by atoms with E-state index >= 15 is 0 Å². The Hall–Kier alpha value is -3.94. The quantitative estimate of drug-likeness (QED) is 0.325. The molecule has 0 aliphatic rings. The lowest BCUT2D eigenvalue weighted by Gasteiger charge is -2.05. The van der Waals surface area contributed by atoms with Gasteiger partial charge in [0.2, 0.25) is 0 Å². The van der Waals surface area contributed by atoms with E-state index in [1.807, 2.05) is 0 Å². The van der Waals surface area contributed by atoms with Crippen molar-refractivity contribution in [3.63, 3.8) is 0 Å². The average Bonchev–Trinajstić information content (AvgIpc) is 2.70. The van der Waals surface area contributed by atoms with Crippen molar-refractivity contribution in [2.45, 2.75) is 0 Å². The van der Waals surface area contributed by atoms with Crippen molar-refractivity contribution in [2.75, 3.05) is 0 Å². The van der Waals surface area contributed by atoms with Crippen LogP contribution in [0.4, 0.5) is 4.39 Å². The number of ether oxygens (including phenoxy) is 1. The number of carbonyl (C=O) groups excluding carboxylic acids is 2. The van der Waals surface area contributed by atoms with Crippen molar-refractivity contribution in [1.82, 2.24) is 15.4 Å². The first kappa shape index (κ1) is 17.9. The van der Waals surface area contributed by atoms with Gasteiger partial charge in [-0.05, 0) is 42.0 Å². The molecule has 0 saturated heterocycles. The van der Waals surface area contributed by atoms with Crippen molar-refractivity contribution in [2.24, 2.45) is 5.10 Å². The van der Waals surface area contributed by atoms with Crippen LogP contribution in [0.2, 0.25) is 0 Å². The second-order valence-electron chi connectivity index (χ2n) is 5.23. The number of amides is 1. The summed E-state index contributed by atoms with van der Waals surface area (Å²) in [5.41, 5.74) is 2.98. The molecule has 2 aromatic carbocycles. The van der Waals surface area contributed by atoms with Crippen LogP contribution in [0.3, 0.4) is 0 Å². The molecule has 3 rings (SSSR count). The highest BCUT2D eigenvalue weighted by atomic mass is 19.1. The third-order valence-electron chi connectivity index (χ3n) is 3.36. The van der Waals surface area contributed by atoms with Gasteiger partial charge >= 0.3 is 5.97 Å². The number of hydrazone groups is 1. The number of esters is 1. The normalized spacial score (nSPS) is 10.6. The Morgan fingerprint density at radius 2 is 1.85 bits per heavy atom. The number of rotatable bonds is 5. The number of hydrogen-bond acceptors (Lipinski definition) is 6. The van der Waals surface area contributed by atoms with Crippen LogP contribution in [0, 0.1) is 5.82 Å². The predicted octanol–water partition coefficient (Wildman–Crippen LogP) is 2.60. The Bertz CT molecular complexity index is 976. The standard InChI is InChI=1S/C19H13FN4O3/c20-16-4-2-1-3-15(16)19(26)27-14-7-5-13(6-8-14)11-23-24-18(25)17-12-21-9-10-22-17/h1-12H,(H,24,25)/b23-11+. The molecule has 0 radical (unpaired) electrons. The van der Waals surface area contributed by atoms with E-state index in [0.29, 0.717) is 5.56 Å². The molecule has 0 spiro atoms. The molecule has 134 valence electrons. The molecule has 1 aromatic heterocycles. The Kier molecular flexibility index (Phi) is 5.58. The third kappa shape index (κ3) is 4.79. The van der Waals surface area contributed by atoms with E-state index in [2.05, 4.69) is 20.5 Å². The van der Waals surface area contributed by atoms with E-state index in [-0.39, 0.29) is 17.0 Å². The van der Waals surface area contributed by atoms with Crippen LogP contribution in [0.25, 0.3) is 0 Å². The highest BCUT2D eigenvalue weighted by Gasteiger charge is 2.13. The maximum atomic E-state index is 13.6. The number of nitrogens with zero attached hydrogens (tertiary/aromatic N) is 3. The lowest BCUT2D eigenvalue weighted by Crippen LogP contribution is -2.19. The van der Waals surface area contributed by atoms with Crippen molar-refractivity contribution < 1.29 is 18.7 Å². The molecule has 3 aromatic rings. The Morgan fingerprint density at radius 1 is 1.07 bits per heavy atom. The second-order valence-corrected chi connectivity index (χ2v) is 5.23. The van der Waals surface area contributed by atoms with Gasteiger partial charge in [0.15, 0.2) is 0 Å². The number of nitrogens with one attached hydrogen (secondary N) is 1. The summed E-state index contributed by atoms with van der Waals surface area (Å²) in [6.45, 7) is 0. The van der Waals surface area contributed by atoms with Crippen LogP contribution in [-0.2, 0) is 0 Å². The third-order valence-corrected chi connectivity index (χ3v) is 3.36. The van der Waals surface area contributed by atoms with Crippen molar-refractivity contribution in [3.8, 4) is 5.75 Å². The van der Waals surface area contributed by atoms with Gasteiger partial charge in [-0.15, -0.1) is 0 Å². The molecular weight excluding hydrogens is 351 g/mol. The highest BCUT2D eigenvalue weighted by Crippen LogP contribution is 2.15.